The monoisotopic (exact) mass is 495 g/mol. The Hall–Kier alpha value is -3.50. The molecule has 4 nitrogen and oxygen atoms in total. The Morgan fingerprint density at radius 2 is 1.50 bits per heavy atom. The van der Waals surface area contributed by atoms with E-state index in [-0.39, 0.29) is 17.3 Å². The first kappa shape index (κ1) is 22.9. The van der Waals surface area contributed by atoms with E-state index in [0.717, 1.165) is 16.8 Å². The van der Waals surface area contributed by atoms with Gasteiger partial charge in [-0.2, -0.15) is 0 Å². The molecule has 0 aromatic heterocycles. The average Bonchev–Trinajstić information content (AvgIpc) is 3.29. The lowest BCUT2D eigenvalue weighted by Crippen LogP contribution is -2.49. The predicted molar refractivity (Wildman–Crippen MR) is 142 cm³/mol. The standard InChI is InChI=1S/C31H26ClNO3/c1-30(2,3)29(36)26-25(18-9-5-4-6-10-18)31(27(34)21-11-7-8-12-22(21)28(31)35)24-16-13-19-17-20(32)14-15-23(19)33(24)26/h4-17,24-26H,1-3H3/t24?,25-,26+/m0/s1. The fraction of sp³-hybridized carbons (Fsp3) is 0.258. The van der Waals surface area contributed by atoms with Crippen LogP contribution in [-0.4, -0.2) is 29.4 Å². The molecular weight excluding hydrogens is 470 g/mol. The minimum absolute atomic E-state index is 0.00835. The van der Waals surface area contributed by atoms with Crippen molar-refractivity contribution in [3.05, 3.63) is 106 Å². The summed E-state index contributed by atoms with van der Waals surface area (Å²) >= 11 is 6.32. The van der Waals surface area contributed by atoms with E-state index in [4.69, 9.17) is 11.6 Å². The van der Waals surface area contributed by atoms with Crippen LogP contribution in [-0.2, 0) is 4.79 Å². The number of carbonyl (C=O) groups is 3. The molecule has 36 heavy (non-hydrogen) atoms. The van der Waals surface area contributed by atoms with Gasteiger partial charge in [-0.05, 0) is 29.3 Å². The van der Waals surface area contributed by atoms with Crippen molar-refractivity contribution in [1.82, 2.24) is 0 Å². The van der Waals surface area contributed by atoms with Crippen LogP contribution in [0.3, 0.4) is 0 Å². The molecule has 1 aliphatic carbocycles. The Morgan fingerprint density at radius 1 is 0.889 bits per heavy atom. The molecule has 3 aromatic carbocycles. The number of hydrogen-bond donors (Lipinski definition) is 0. The number of benzene rings is 3. The molecule has 180 valence electrons. The number of ketones is 3. The van der Waals surface area contributed by atoms with Gasteiger partial charge in [0.05, 0.1) is 12.1 Å². The molecule has 3 aromatic rings. The summed E-state index contributed by atoms with van der Waals surface area (Å²) in [4.78, 5) is 45.2. The Kier molecular flexibility index (Phi) is 4.94. The second kappa shape index (κ2) is 7.75. The van der Waals surface area contributed by atoms with Crippen LogP contribution in [0.4, 0.5) is 5.69 Å². The van der Waals surface area contributed by atoms with Gasteiger partial charge in [0.1, 0.15) is 5.41 Å². The number of nitrogens with zero attached hydrogens (tertiary/aromatic N) is 1. The van der Waals surface area contributed by atoms with Gasteiger partial charge in [-0.25, -0.2) is 0 Å². The first-order chi connectivity index (χ1) is 17.2. The molecule has 3 atom stereocenters. The van der Waals surface area contributed by atoms with Gasteiger partial charge in [-0.1, -0.05) is 99.1 Å². The van der Waals surface area contributed by atoms with E-state index in [1.807, 2.05) is 80.3 Å². The summed E-state index contributed by atoms with van der Waals surface area (Å²) in [6.07, 6.45) is 3.85. The summed E-state index contributed by atoms with van der Waals surface area (Å²) in [5.74, 6) is -1.09. The van der Waals surface area contributed by atoms with E-state index >= 15 is 0 Å². The van der Waals surface area contributed by atoms with Crippen LogP contribution in [0.2, 0.25) is 5.02 Å². The molecule has 2 heterocycles. The summed E-state index contributed by atoms with van der Waals surface area (Å²) in [5.41, 5.74) is 1.20. The Bertz CT molecular complexity index is 1430. The molecule has 1 spiro atoms. The summed E-state index contributed by atoms with van der Waals surface area (Å²) in [6.45, 7) is 5.69. The first-order valence-corrected chi connectivity index (χ1v) is 12.6. The summed E-state index contributed by atoms with van der Waals surface area (Å²) in [6, 6.07) is 20.8. The topological polar surface area (TPSA) is 54.5 Å². The second-order valence-corrected chi connectivity index (χ2v) is 11.4. The molecule has 3 aliphatic rings. The second-order valence-electron chi connectivity index (χ2n) is 10.9. The highest BCUT2D eigenvalue weighted by Gasteiger charge is 2.71. The van der Waals surface area contributed by atoms with Crippen LogP contribution in [0, 0.1) is 10.8 Å². The molecular formula is C31H26ClNO3. The maximum atomic E-state index is 14.4. The molecule has 1 saturated heterocycles. The predicted octanol–water partition coefficient (Wildman–Crippen LogP) is 6.39. The zero-order valence-electron chi connectivity index (χ0n) is 20.4. The average molecular weight is 496 g/mol. The van der Waals surface area contributed by atoms with Crippen molar-refractivity contribution in [2.24, 2.45) is 10.8 Å². The maximum Gasteiger partial charge on any atom is 0.180 e. The van der Waals surface area contributed by atoms with Crippen molar-refractivity contribution in [2.45, 2.75) is 38.8 Å². The number of hydrogen-bond acceptors (Lipinski definition) is 4. The number of Topliss-reactive ketones (excluding diaryl/α,β-unsaturated/α-hetero) is 3. The lowest BCUT2D eigenvalue weighted by atomic mass is 9.63. The molecule has 2 aliphatic heterocycles. The van der Waals surface area contributed by atoms with Crippen molar-refractivity contribution in [3.63, 3.8) is 0 Å². The van der Waals surface area contributed by atoms with Gasteiger partial charge in [0, 0.05) is 33.2 Å². The Labute approximate surface area is 215 Å². The highest BCUT2D eigenvalue weighted by atomic mass is 35.5. The summed E-state index contributed by atoms with van der Waals surface area (Å²) in [7, 11) is 0. The normalized spacial score (nSPS) is 23.6. The molecule has 0 N–H and O–H groups in total. The number of fused-ring (bicyclic) bond motifs is 5. The molecule has 5 heteroatoms. The number of rotatable bonds is 2. The molecule has 1 fully saturated rings. The number of halogens is 1. The van der Waals surface area contributed by atoms with Gasteiger partial charge >= 0.3 is 0 Å². The fourth-order valence-corrected chi connectivity index (χ4v) is 6.61. The van der Waals surface area contributed by atoms with Crippen LogP contribution < -0.4 is 4.90 Å². The lowest BCUT2D eigenvalue weighted by molar-refractivity contribution is -0.127. The largest absolute Gasteiger partial charge is 0.352 e. The summed E-state index contributed by atoms with van der Waals surface area (Å²) < 4.78 is 0. The molecule has 0 radical (unpaired) electrons. The highest BCUT2D eigenvalue weighted by molar-refractivity contribution is 6.32. The van der Waals surface area contributed by atoms with Crippen molar-refractivity contribution >= 4 is 40.7 Å². The van der Waals surface area contributed by atoms with Crippen LogP contribution in [0.5, 0.6) is 0 Å². The smallest absolute Gasteiger partial charge is 0.180 e. The van der Waals surface area contributed by atoms with Gasteiger partial charge in [0.15, 0.2) is 17.3 Å². The minimum Gasteiger partial charge on any atom is -0.352 e. The van der Waals surface area contributed by atoms with Gasteiger partial charge in [-0.3, -0.25) is 14.4 Å². The van der Waals surface area contributed by atoms with Gasteiger partial charge in [-0.15, -0.1) is 0 Å². The molecule has 1 unspecified atom stereocenters. The van der Waals surface area contributed by atoms with Crippen molar-refractivity contribution in [2.75, 3.05) is 4.90 Å². The van der Waals surface area contributed by atoms with E-state index in [1.54, 1.807) is 30.3 Å². The highest BCUT2D eigenvalue weighted by Crippen LogP contribution is 2.61. The van der Waals surface area contributed by atoms with Gasteiger partial charge in [0.25, 0.3) is 0 Å². The van der Waals surface area contributed by atoms with E-state index in [0.29, 0.717) is 16.1 Å². The minimum atomic E-state index is -1.45. The zero-order chi connectivity index (χ0) is 25.4. The molecule has 0 saturated carbocycles. The Balaban J connectivity index is 1.70. The van der Waals surface area contributed by atoms with Crippen LogP contribution >= 0.6 is 11.6 Å². The first-order valence-electron chi connectivity index (χ1n) is 12.2. The SMILES string of the molecule is CC(C)(C)C(=O)[C@H]1[C@H](c2ccccc2)C2(C(=O)c3ccccc3C2=O)C2C=Cc3cc(Cl)ccc3N21. The van der Waals surface area contributed by atoms with Crippen LogP contribution in [0.25, 0.3) is 6.08 Å². The van der Waals surface area contributed by atoms with Crippen molar-refractivity contribution in [1.29, 1.82) is 0 Å². The lowest BCUT2D eigenvalue weighted by Gasteiger charge is -2.38. The third-order valence-corrected chi connectivity index (χ3v) is 8.17. The fourth-order valence-electron chi connectivity index (χ4n) is 6.42. The van der Waals surface area contributed by atoms with Crippen LogP contribution in [0.1, 0.15) is 58.5 Å². The van der Waals surface area contributed by atoms with Gasteiger partial charge < -0.3 is 4.90 Å². The number of carbonyl (C=O) groups excluding carboxylic acids is 3. The van der Waals surface area contributed by atoms with Gasteiger partial charge in [0.2, 0.25) is 0 Å². The van der Waals surface area contributed by atoms with Crippen LogP contribution in [0.15, 0.2) is 78.9 Å². The third-order valence-electron chi connectivity index (χ3n) is 7.93. The quantitative estimate of drug-likeness (QED) is 0.386. The number of anilines is 1. The van der Waals surface area contributed by atoms with E-state index in [9.17, 15) is 14.4 Å². The van der Waals surface area contributed by atoms with E-state index in [2.05, 4.69) is 0 Å². The molecule has 0 amide bonds. The Morgan fingerprint density at radius 3 is 2.11 bits per heavy atom. The molecule has 0 bridgehead atoms. The zero-order valence-corrected chi connectivity index (χ0v) is 21.1. The molecule has 6 rings (SSSR count). The third kappa shape index (κ3) is 2.91. The van der Waals surface area contributed by atoms with E-state index < -0.39 is 28.8 Å². The van der Waals surface area contributed by atoms with Crippen molar-refractivity contribution in [3.8, 4) is 0 Å². The summed E-state index contributed by atoms with van der Waals surface area (Å²) in [5, 5.41) is 0.587. The van der Waals surface area contributed by atoms with E-state index in [1.165, 1.54) is 0 Å². The van der Waals surface area contributed by atoms with Crippen molar-refractivity contribution < 1.29 is 14.4 Å². The maximum absolute atomic E-state index is 14.4.